The molecule has 0 amide bonds. The van der Waals surface area contributed by atoms with Gasteiger partial charge in [-0.2, -0.15) is 0 Å². The first-order valence-electron chi connectivity index (χ1n) is 5.78. The van der Waals surface area contributed by atoms with Crippen LogP contribution in [0.3, 0.4) is 0 Å². The Labute approximate surface area is 111 Å². The van der Waals surface area contributed by atoms with Crippen molar-refractivity contribution in [3.8, 4) is 0 Å². The summed E-state index contributed by atoms with van der Waals surface area (Å²) in [6, 6.07) is 3.92. The van der Waals surface area contributed by atoms with Crippen LogP contribution in [0.1, 0.15) is 19.4 Å². The SMILES string of the molecule is C=C(N=C(C=NC)/C(C)=C\C)c1cccc(F)c1F. The Morgan fingerprint density at radius 1 is 1.32 bits per heavy atom. The molecule has 1 aromatic rings. The largest absolute Gasteiger partial charge is 0.294 e. The Bertz CT molecular complexity index is 570. The predicted molar refractivity (Wildman–Crippen MR) is 76.7 cm³/mol. The summed E-state index contributed by atoms with van der Waals surface area (Å²) in [4.78, 5) is 8.09. The highest BCUT2D eigenvalue weighted by molar-refractivity contribution is 6.38. The van der Waals surface area contributed by atoms with Crippen LogP contribution in [-0.4, -0.2) is 19.0 Å². The van der Waals surface area contributed by atoms with Gasteiger partial charge in [-0.15, -0.1) is 0 Å². The molecule has 2 nitrogen and oxygen atoms in total. The third-order valence-corrected chi connectivity index (χ3v) is 2.61. The minimum Gasteiger partial charge on any atom is -0.294 e. The van der Waals surface area contributed by atoms with E-state index in [0.29, 0.717) is 5.71 Å². The molecule has 0 atom stereocenters. The van der Waals surface area contributed by atoms with E-state index < -0.39 is 11.6 Å². The standard InChI is InChI=1S/C15H16F2N2/c1-5-10(2)14(9-18-4)19-11(3)12-7-6-8-13(16)15(12)17/h5-9H,3H2,1-2,4H3/b10-5-,18-9?,19-14?. The lowest BCUT2D eigenvalue weighted by atomic mass is 10.1. The zero-order valence-electron chi connectivity index (χ0n) is 11.2. The molecule has 0 aliphatic heterocycles. The Morgan fingerprint density at radius 2 is 2.00 bits per heavy atom. The molecule has 0 saturated heterocycles. The lowest BCUT2D eigenvalue weighted by Crippen LogP contribution is -2.03. The van der Waals surface area contributed by atoms with Gasteiger partial charge in [0, 0.05) is 18.8 Å². The monoisotopic (exact) mass is 262 g/mol. The summed E-state index contributed by atoms with van der Waals surface area (Å²) in [5.74, 6) is -1.86. The molecule has 0 saturated carbocycles. The second kappa shape index (κ2) is 6.73. The molecule has 0 N–H and O–H groups in total. The maximum absolute atomic E-state index is 13.6. The maximum Gasteiger partial charge on any atom is 0.168 e. The molecule has 100 valence electrons. The van der Waals surface area contributed by atoms with E-state index in [1.807, 2.05) is 19.9 Å². The Kier molecular flexibility index (Phi) is 5.30. The summed E-state index contributed by atoms with van der Waals surface area (Å²) >= 11 is 0. The molecule has 19 heavy (non-hydrogen) atoms. The van der Waals surface area contributed by atoms with E-state index in [0.717, 1.165) is 11.6 Å². The van der Waals surface area contributed by atoms with Crippen molar-refractivity contribution < 1.29 is 8.78 Å². The van der Waals surface area contributed by atoms with Crippen LogP contribution < -0.4 is 0 Å². The van der Waals surface area contributed by atoms with Gasteiger partial charge in [0.25, 0.3) is 0 Å². The zero-order valence-corrected chi connectivity index (χ0v) is 11.2. The second-order valence-electron chi connectivity index (χ2n) is 3.90. The number of hydrogen-bond donors (Lipinski definition) is 0. The zero-order chi connectivity index (χ0) is 14.4. The van der Waals surface area contributed by atoms with Gasteiger partial charge >= 0.3 is 0 Å². The molecule has 0 aromatic heterocycles. The normalized spacial score (nSPS) is 13.1. The van der Waals surface area contributed by atoms with E-state index in [4.69, 9.17) is 0 Å². The van der Waals surface area contributed by atoms with Crippen molar-refractivity contribution in [2.45, 2.75) is 13.8 Å². The van der Waals surface area contributed by atoms with Crippen molar-refractivity contribution >= 4 is 17.6 Å². The van der Waals surface area contributed by atoms with Crippen molar-refractivity contribution in [1.29, 1.82) is 0 Å². The molecular formula is C15H16F2N2. The Hall–Kier alpha value is -2.10. The fourth-order valence-electron chi connectivity index (χ4n) is 1.42. The molecule has 0 aliphatic rings. The Morgan fingerprint density at radius 3 is 2.58 bits per heavy atom. The lowest BCUT2D eigenvalue weighted by molar-refractivity contribution is 0.506. The average Bonchev–Trinajstić information content (AvgIpc) is 2.40. The summed E-state index contributed by atoms with van der Waals surface area (Å²) in [5.41, 5.74) is 1.65. The van der Waals surface area contributed by atoms with Crippen LogP contribution in [0, 0.1) is 11.6 Å². The molecule has 0 radical (unpaired) electrons. The fourth-order valence-corrected chi connectivity index (χ4v) is 1.42. The highest BCUT2D eigenvalue weighted by Crippen LogP contribution is 2.20. The number of hydrogen-bond acceptors (Lipinski definition) is 2. The van der Waals surface area contributed by atoms with E-state index in [9.17, 15) is 8.78 Å². The number of aliphatic imine (C=N–C) groups is 2. The molecule has 4 heteroatoms. The van der Waals surface area contributed by atoms with Crippen LogP contribution in [0.4, 0.5) is 8.78 Å². The number of halogens is 2. The van der Waals surface area contributed by atoms with Gasteiger partial charge in [-0.05, 0) is 31.6 Å². The van der Waals surface area contributed by atoms with Gasteiger partial charge in [0.05, 0.1) is 11.4 Å². The summed E-state index contributed by atoms with van der Waals surface area (Å²) in [6.07, 6.45) is 3.41. The molecular weight excluding hydrogens is 246 g/mol. The number of nitrogens with zero attached hydrogens (tertiary/aromatic N) is 2. The van der Waals surface area contributed by atoms with Crippen molar-refractivity contribution in [3.63, 3.8) is 0 Å². The number of rotatable bonds is 4. The molecule has 1 rings (SSSR count). The summed E-state index contributed by atoms with van der Waals surface area (Å²) in [7, 11) is 1.62. The summed E-state index contributed by atoms with van der Waals surface area (Å²) < 4.78 is 26.8. The van der Waals surface area contributed by atoms with Crippen LogP contribution in [0.5, 0.6) is 0 Å². The highest BCUT2D eigenvalue weighted by Gasteiger charge is 2.10. The van der Waals surface area contributed by atoms with E-state index in [2.05, 4.69) is 16.6 Å². The van der Waals surface area contributed by atoms with Crippen LogP contribution in [0.2, 0.25) is 0 Å². The van der Waals surface area contributed by atoms with Crippen molar-refractivity contribution in [2.75, 3.05) is 7.05 Å². The van der Waals surface area contributed by atoms with Gasteiger partial charge in [0.15, 0.2) is 11.6 Å². The van der Waals surface area contributed by atoms with E-state index >= 15 is 0 Å². The molecule has 1 aromatic carbocycles. The van der Waals surface area contributed by atoms with Crippen LogP contribution in [0.25, 0.3) is 5.70 Å². The maximum atomic E-state index is 13.6. The van der Waals surface area contributed by atoms with Gasteiger partial charge in [0.1, 0.15) is 0 Å². The van der Waals surface area contributed by atoms with Crippen LogP contribution in [-0.2, 0) is 0 Å². The second-order valence-corrected chi connectivity index (χ2v) is 3.90. The van der Waals surface area contributed by atoms with Crippen LogP contribution in [0.15, 0.2) is 46.4 Å². The first-order valence-corrected chi connectivity index (χ1v) is 5.78. The predicted octanol–water partition coefficient (Wildman–Crippen LogP) is 4.04. The third kappa shape index (κ3) is 3.68. The minimum atomic E-state index is -0.942. The first-order chi connectivity index (χ1) is 9.01. The van der Waals surface area contributed by atoms with Crippen molar-refractivity contribution in [3.05, 3.63) is 53.6 Å². The quantitative estimate of drug-likeness (QED) is 0.731. The smallest absolute Gasteiger partial charge is 0.168 e. The Balaban J connectivity index is 3.22. The van der Waals surface area contributed by atoms with Gasteiger partial charge in [-0.25, -0.2) is 13.8 Å². The minimum absolute atomic E-state index is 0.0471. The molecule has 0 heterocycles. The van der Waals surface area contributed by atoms with Crippen molar-refractivity contribution in [2.24, 2.45) is 9.98 Å². The number of benzene rings is 1. The van der Waals surface area contributed by atoms with Gasteiger partial charge in [-0.3, -0.25) is 4.99 Å². The molecule has 0 fully saturated rings. The molecule has 0 aliphatic carbocycles. The summed E-state index contributed by atoms with van der Waals surface area (Å²) in [6.45, 7) is 7.40. The highest BCUT2D eigenvalue weighted by atomic mass is 19.2. The number of allylic oxidation sites excluding steroid dienone is 2. The molecule has 0 unspecified atom stereocenters. The van der Waals surface area contributed by atoms with Crippen molar-refractivity contribution in [1.82, 2.24) is 0 Å². The third-order valence-electron chi connectivity index (χ3n) is 2.61. The molecule has 0 spiro atoms. The van der Waals surface area contributed by atoms with E-state index in [1.165, 1.54) is 12.1 Å². The van der Waals surface area contributed by atoms with E-state index in [1.54, 1.807) is 13.3 Å². The topological polar surface area (TPSA) is 24.7 Å². The average molecular weight is 262 g/mol. The van der Waals surface area contributed by atoms with Gasteiger partial charge in [-0.1, -0.05) is 18.7 Å². The van der Waals surface area contributed by atoms with E-state index in [-0.39, 0.29) is 11.3 Å². The summed E-state index contributed by atoms with van der Waals surface area (Å²) in [5, 5.41) is 0. The van der Waals surface area contributed by atoms with Gasteiger partial charge in [0.2, 0.25) is 0 Å². The first kappa shape index (κ1) is 15.0. The molecule has 0 bridgehead atoms. The lowest BCUT2D eigenvalue weighted by Gasteiger charge is -2.06. The fraction of sp³-hybridized carbons (Fsp3) is 0.200. The van der Waals surface area contributed by atoms with Crippen LogP contribution >= 0.6 is 0 Å². The van der Waals surface area contributed by atoms with Gasteiger partial charge < -0.3 is 0 Å².